The smallest absolute Gasteiger partial charge is 0.229 e. The van der Waals surface area contributed by atoms with E-state index in [0.29, 0.717) is 25.4 Å². The Hall–Kier alpha value is -1.88. The van der Waals surface area contributed by atoms with E-state index in [1.54, 1.807) is 0 Å². The van der Waals surface area contributed by atoms with Crippen LogP contribution in [0.5, 0.6) is 0 Å². The summed E-state index contributed by atoms with van der Waals surface area (Å²) in [5, 5.41) is 0. The van der Waals surface area contributed by atoms with Gasteiger partial charge in [0.15, 0.2) is 0 Å². The number of imide groups is 1. The highest BCUT2D eigenvalue weighted by Gasteiger charge is 2.31. The molecule has 0 saturated carbocycles. The van der Waals surface area contributed by atoms with Crippen molar-refractivity contribution in [3.63, 3.8) is 0 Å². The number of hydrogen-bond acceptors (Lipinski definition) is 4. The second-order valence-electron chi connectivity index (χ2n) is 6.62. The van der Waals surface area contributed by atoms with Crippen LogP contribution in [0.3, 0.4) is 0 Å². The summed E-state index contributed by atoms with van der Waals surface area (Å²) >= 11 is 0. The number of carbonyl (C=O) groups is 2. The Labute approximate surface area is 137 Å². The van der Waals surface area contributed by atoms with Gasteiger partial charge in [0.05, 0.1) is 0 Å². The number of nitrogens with zero attached hydrogens (tertiary/aromatic N) is 3. The Balaban J connectivity index is 1.67. The molecule has 2 saturated heterocycles. The zero-order valence-corrected chi connectivity index (χ0v) is 14.0. The van der Waals surface area contributed by atoms with E-state index in [9.17, 15) is 9.59 Å². The third-order valence-electron chi connectivity index (χ3n) is 4.90. The molecule has 2 amide bonds. The molecule has 0 aliphatic carbocycles. The molecule has 0 N–H and O–H groups in total. The van der Waals surface area contributed by atoms with Gasteiger partial charge in [0, 0.05) is 51.8 Å². The Morgan fingerprint density at radius 1 is 1.13 bits per heavy atom. The molecule has 1 aromatic carbocycles. The van der Waals surface area contributed by atoms with E-state index in [-0.39, 0.29) is 11.8 Å². The number of likely N-dealkylation sites (tertiary alicyclic amines) is 2. The van der Waals surface area contributed by atoms with Crippen molar-refractivity contribution in [2.75, 3.05) is 38.6 Å². The summed E-state index contributed by atoms with van der Waals surface area (Å²) in [6.45, 7) is 2.34. The minimum atomic E-state index is -0.0136. The second kappa shape index (κ2) is 6.71. The van der Waals surface area contributed by atoms with Crippen molar-refractivity contribution in [1.29, 1.82) is 0 Å². The van der Waals surface area contributed by atoms with Crippen molar-refractivity contribution in [3.05, 3.63) is 29.8 Å². The summed E-state index contributed by atoms with van der Waals surface area (Å²) in [5.74, 6) is -0.0271. The van der Waals surface area contributed by atoms with Gasteiger partial charge in [-0.2, -0.15) is 0 Å². The first-order valence-corrected chi connectivity index (χ1v) is 8.41. The van der Waals surface area contributed by atoms with Crippen molar-refractivity contribution in [2.24, 2.45) is 0 Å². The van der Waals surface area contributed by atoms with Gasteiger partial charge in [-0.3, -0.25) is 19.4 Å². The number of hydrogen-bond donors (Lipinski definition) is 0. The van der Waals surface area contributed by atoms with Crippen LogP contribution in [0.15, 0.2) is 24.3 Å². The van der Waals surface area contributed by atoms with Crippen LogP contribution in [0, 0.1) is 0 Å². The van der Waals surface area contributed by atoms with E-state index in [4.69, 9.17) is 0 Å². The number of carbonyl (C=O) groups excluding carboxylic acids is 2. The molecule has 1 aromatic rings. The van der Waals surface area contributed by atoms with Crippen molar-refractivity contribution >= 4 is 17.5 Å². The summed E-state index contributed by atoms with van der Waals surface area (Å²) in [4.78, 5) is 29.4. The van der Waals surface area contributed by atoms with Crippen LogP contribution in [0.1, 0.15) is 37.3 Å². The zero-order valence-electron chi connectivity index (χ0n) is 14.0. The third-order valence-corrected chi connectivity index (χ3v) is 4.90. The molecule has 0 radical (unpaired) electrons. The lowest BCUT2D eigenvalue weighted by atomic mass is 10.0. The molecule has 124 valence electrons. The minimum Gasteiger partial charge on any atom is -0.378 e. The Bertz CT molecular complexity index is 584. The molecule has 2 aliphatic rings. The standard InChI is InChI=1S/C18H25N3O2/c1-19(2)15-6-3-5-14(13-15)16-7-4-10-20(16)11-12-21-17(22)8-9-18(21)23/h3,5-6,13,16H,4,7-12H2,1-2H3. The summed E-state index contributed by atoms with van der Waals surface area (Å²) in [7, 11) is 4.10. The van der Waals surface area contributed by atoms with Gasteiger partial charge >= 0.3 is 0 Å². The predicted octanol–water partition coefficient (Wildman–Crippen LogP) is 2.04. The van der Waals surface area contributed by atoms with Crippen molar-refractivity contribution in [2.45, 2.75) is 31.7 Å². The molecule has 2 heterocycles. The second-order valence-corrected chi connectivity index (χ2v) is 6.62. The van der Waals surface area contributed by atoms with Crippen LogP contribution < -0.4 is 4.90 Å². The first-order chi connectivity index (χ1) is 11.1. The first-order valence-electron chi connectivity index (χ1n) is 8.41. The van der Waals surface area contributed by atoms with Crippen LogP contribution in [0.4, 0.5) is 5.69 Å². The summed E-state index contributed by atoms with van der Waals surface area (Å²) < 4.78 is 0. The van der Waals surface area contributed by atoms with Crippen molar-refractivity contribution in [3.8, 4) is 0 Å². The molecule has 2 fully saturated rings. The lowest BCUT2D eigenvalue weighted by Gasteiger charge is -2.27. The van der Waals surface area contributed by atoms with Crippen LogP contribution in [-0.2, 0) is 9.59 Å². The van der Waals surface area contributed by atoms with E-state index in [0.717, 1.165) is 19.5 Å². The molecule has 0 spiro atoms. The molecule has 1 atom stereocenters. The maximum Gasteiger partial charge on any atom is 0.229 e. The maximum absolute atomic E-state index is 11.7. The topological polar surface area (TPSA) is 43.9 Å². The van der Waals surface area contributed by atoms with Gasteiger partial charge in [-0.05, 0) is 37.1 Å². The van der Waals surface area contributed by atoms with Gasteiger partial charge in [-0.1, -0.05) is 12.1 Å². The summed E-state index contributed by atoms with van der Waals surface area (Å²) in [6.07, 6.45) is 3.07. The average molecular weight is 315 g/mol. The molecule has 5 nitrogen and oxygen atoms in total. The van der Waals surface area contributed by atoms with Crippen LogP contribution in [0.2, 0.25) is 0 Å². The predicted molar refractivity (Wildman–Crippen MR) is 90.3 cm³/mol. The highest BCUT2D eigenvalue weighted by atomic mass is 16.2. The fourth-order valence-corrected chi connectivity index (χ4v) is 3.58. The lowest BCUT2D eigenvalue weighted by molar-refractivity contribution is -0.138. The monoisotopic (exact) mass is 315 g/mol. The normalized spacial score (nSPS) is 22.2. The minimum absolute atomic E-state index is 0.0136. The summed E-state index contributed by atoms with van der Waals surface area (Å²) in [5.41, 5.74) is 2.53. The zero-order chi connectivity index (χ0) is 16.4. The van der Waals surface area contributed by atoms with E-state index < -0.39 is 0 Å². The molecule has 1 unspecified atom stereocenters. The number of rotatable bonds is 5. The van der Waals surface area contributed by atoms with Gasteiger partial charge in [0.1, 0.15) is 0 Å². The van der Waals surface area contributed by atoms with Gasteiger partial charge < -0.3 is 4.90 Å². The molecule has 2 aliphatic heterocycles. The molecule has 5 heteroatoms. The van der Waals surface area contributed by atoms with E-state index in [1.165, 1.54) is 22.6 Å². The van der Waals surface area contributed by atoms with E-state index in [1.807, 2.05) is 0 Å². The molecular formula is C18H25N3O2. The Kier molecular flexibility index (Phi) is 4.66. The van der Waals surface area contributed by atoms with Gasteiger partial charge in [-0.25, -0.2) is 0 Å². The number of anilines is 1. The third kappa shape index (κ3) is 3.39. The van der Waals surface area contributed by atoms with Gasteiger partial charge in [-0.15, -0.1) is 0 Å². The molecule has 0 aromatic heterocycles. The number of benzene rings is 1. The Morgan fingerprint density at radius 2 is 1.87 bits per heavy atom. The number of amides is 2. The molecule has 3 rings (SSSR count). The van der Waals surface area contributed by atoms with Crippen LogP contribution in [-0.4, -0.2) is 55.3 Å². The highest BCUT2D eigenvalue weighted by molar-refractivity contribution is 6.01. The van der Waals surface area contributed by atoms with Gasteiger partial charge in [0.2, 0.25) is 11.8 Å². The van der Waals surface area contributed by atoms with E-state index in [2.05, 4.69) is 48.2 Å². The van der Waals surface area contributed by atoms with Crippen LogP contribution in [0.25, 0.3) is 0 Å². The average Bonchev–Trinajstić information content (AvgIpc) is 3.13. The lowest BCUT2D eigenvalue weighted by Crippen LogP contribution is -2.37. The largest absolute Gasteiger partial charge is 0.378 e. The van der Waals surface area contributed by atoms with E-state index >= 15 is 0 Å². The molecule has 0 bridgehead atoms. The fraction of sp³-hybridized carbons (Fsp3) is 0.556. The Morgan fingerprint density at radius 3 is 2.57 bits per heavy atom. The highest BCUT2D eigenvalue weighted by Crippen LogP contribution is 2.33. The van der Waals surface area contributed by atoms with Crippen molar-refractivity contribution < 1.29 is 9.59 Å². The molecule has 23 heavy (non-hydrogen) atoms. The maximum atomic E-state index is 11.7. The first kappa shape index (κ1) is 16.0. The van der Waals surface area contributed by atoms with Crippen molar-refractivity contribution in [1.82, 2.24) is 9.80 Å². The quantitative estimate of drug-likeness (QED) is 0.780. The SMILES string of the molecule is CN(C)c1cccc(C2CCCN2CCN2C(=O)CCC2=O)c1. The summed E-state index contributed by atoms with van der Waals surface area (Å²) in [6, 6.07) is 9.04. The molecular weight excluding hydrogens is 290 g/mol. The van der Waals surface area contributed by atoms with Crippen LogP contribution >= 0.6 is 0 Å². The fourth-order valence-electron chi connectivity index (χ4n) is 3.58. The van der Waals surface area contributed by atoms with Gasteiger partial charge in [0.25, 0.3) is 0 Å².